The second kappa shape index (κ2) is 8.91. The monoisotopic (exact) mass is 267 g/mol. The second-order valence-electron chi connectivity index (χ2n) is 4.76. The lowest BCUT2D eigenvalue weighted by Gasteiger charge is -2.23. The molecule has 0 spiro atoms. The normalized spacial score (nSPS) is 12.8. The first-order valence-electron chi connectivity index (χ1n) is 6.71. The summed E-state index contributed by atoms with van der Waals surface area (Å²) in [5.74, 6) is 1.83. The zero-order valence-corrected chi connectivity index (χ0v) is 12.0. The maximum absolute atomic E-state index is 9.97. The molecule has 1 unspecified atom stereocenters. The molecule has 1 aromatic heterocycles. The number of hydrogen-bond donors (Lipinski definition) is 1. The summed E-state index contributed by atoms with van der Waals surface area (Å²) in [4.78, 5) is 2.15. The number of rotatable bonds is 10. The van der Waals surface area contributed by atoms with E-state index >= 15 is 0 Å². The number of nitrogens with zero attached hydrogens (tertiary/aromatic N) is 1. The van der Waals surface area contributed by atoms with Gasteiger partial charge >= 0.3 is 0 Å². The summed E-state index contributed by atoms with van der Waals surface area (Å²) < 4.78 is 10.7. The molecular weight excluding hydrogens is 242 g/mol. The van der Waals surface area contributed by atoms with Gasteiger partial charge in [0.15, 0.2) is 0 Å². The molecule has 1 aromatic rings. The molecule has 0 bridgehead atoms. The Labute approximate surface area is 115 Å². The number of allylic oxidation sites excluding steroid dienone is 1. The molecule has 0 radical (unpaired) electrons. The largest absolute Gasteiger partial charge is 0.465 e. The highest BCUT2D eigenvalue weighted by Crippen LogP contribution is 2.11. The van der Waals surface area contributed by atoms with Crippen LogP contribution < -0.4 is 0 Å². The van der Waals surface area contributed by atoms with Crippen molar-refractivity contribution in [3.63, 3.8) is 0 Å². The Morgan fingerprint density at radius 2 is 2.32 bits per heavy atom. The minimum absolute atomic E-state index is 0.342. The van der Waals surface area contributed by atoms with Crippen LogP contribution in [0.4, 0.5) is 0 Å². The van der Waals surface area contributed by atoms with E-state index in [0.29, 0.717) is 19.7 Å². The van der Waals surface area contributed by atoms with Gasteiger partial charge in [-0.15, -0.1) is 6.58 Å². The summed E-state index contributed by atoms with van der Waals surface area (Å²) in [7, 11) is 1.68. The standard InChI is InChI=1S/C15H25NO3/c1-4-5-6-14(17)11-16(9-10-18-3)12-15-8-7-13(2)19-15/h4,7-8,14,17H,1,5-6,9-12H2,2-3H3. The lowest BCUT2D eigenvalue weighted by atomic mass is 10.2. The molecule has 1 rings (SSSR count). The molecule has 0 amide bonds. The van der Waals surface area contributed by atoms with Gasteiger partial charge in [0.1, 0.15) is 11.5 Å². The molecular formula is C15H25NO3. The molecule has 108 valence electrons. The van der Waals surface area contributed by atoms with Gasteiger partial charge in [-0.2, -0.15) is 0 Å². The van der Waals surface area contributed by atoms with Gasteiger partial charge in [-0.25, -0.2) is 0 Å². The van der Waals surface area contributed by atoms with E-state index in [1.54, 1.807) is 7.11 Å². The number of aliphatic hydroxyl groups is 1. The first-order chi connectivity index (χ1) is 9.15. The van der Waals surface area contributed by atoms with Crippen LogP contribution in [-0.4, -0.2) is 42.9 Å². The molecule has 0 aliphatic heterocycles. The molecule has 4 nitrogen and oxygen atoms in total. The smallest absolute Gasteiger partial charge is 0.118 e. The number of aliphatic hydroxyl groups excluding tert-OH is 1. The van der Waals surface area contributed by atoms with Crippen LogP contribution in [0, 0.1) is 6.92 Å². The fourth-order valence-electron chi connectivity index (χ4n) is 1.95. The number of furan rings is 1. The zero-order valence-electron chi connectivity index (χ0n) is 12.0. The van der Waals surface area contributed by atoms with Gasteiger partial charge in [-0.05, 0) is 31.9 Å². The number of methoxy groups -OCH3 is 1. The van der Waals surface area contributed by atoms with E-state index in [4.69, 9.17) is 9.15 Å². The quantitative estimate of drug-likeness (QED) is 0.661. The lowest BCUT2D eigenvalue weighted by molar-refractivity contribution is 0.0772. The van der Waals surface area contributed by atoms with Crippen LogP contribution >= 0.6 is 0 Å². The molecule has 0 aromatic carbocycles. The van der Waals surface area contributed by atoms with Crippen LogP contribution in [0.3, 0.4) is 0 Å². The highest BCUT2D eigenvalue weighted by molar-refractivity contribution is 5.05. The van der Waals surface area contributed by atoms with E-state index in [1.165, 1.54) is 0 Å². The first-order valence-corrected chi connectivity index (χ1v) is 6.71. The van der Waals surface area contributed by atoms with Crippen molar-refractivity contribution in [1.82, 2.24) is 4.90 Å². The summed E-state index contributed by atoms with van der Waals surface area (Å²) in [5.41, 5.74) is 0. The van der Waals surface area contributed by atoms with Crippen molar-refractivity contribution in [1.29, 1.82) is 0 Å². The SMILES string of the molecule is C=CCCC(O)CN(CCOC)Cc1ccc(C)o1. The average Bonchev–Trinajstić information content (AvgIpc) is 2.79. The third-order valence-electron chi connectivity index (χ3n) is 2.96. The molecule has 1 heterocycles. The predicted molar refractivity (Wildman–Crippen MR) is 76.0 cm³/mol. The number of hydrogen-bond acceptors (Lipinski definition) is 4. The molecule has 0 aliphatic carbocycles. The van der Waals surface area contributed by atoms with Gasteiger partial charge in [0.05, 0.1) is 19.3 Å². The Hall–Kier alpha value is -1.10. The van der Waals surface area contributed by atoms with E-state index in [0.717, 1.165) is 30.9 Å². The summed E-state index contributed by atoms with van der Waals surface area (Å²) in [5, 5.41) is 9.97. The number of ether oxygens (including phenoxy) is 1. The molecule has 19 heavy (non-hydrogen) atoms. The molecule has 0 aliphatic rings. The number of aryl methyl sites for hydroxylation is 1. The summed E-state index contributed by atoms with van der Waals surface area (Å²) >= 11 is 0. The van der Waals surface area contributed by atoms with Gasteiger partial charge in [0, 0.05) is 20.2 Å². The molecule has 0 saturated carbocycles. The van der Waals surface area contributed by atoms with Crippen LogP contribution in [0.15, 0.2) is 29.2 Å². The van der Waals surface area contributed by atoms with E-state index < -0.39 is 0 Å². The maximum Gasteiger partial charge on any atom is 0.118 e. The Balaban J connectivity index is 2.48. The summed E-state index contributed by atoms with van der Waals surface area (Å²) in [6, 6.07) is 3.93. The fourth-order valence-corrected chi connectivity index (χ4v) is 1.95. The van der Waals surface area contributed by atoms with Gasteiger partial charge < -0.3 is 14.3 Å². The van der Waals surface area contributed by atoms with Crippen LogP contribution in [0.5, 0.6) is 0 Å². The van der Waals surface area contributed by atoms with Crippen molar-refractivity contribution in [2.75, 3.05) is 26.8 Å². The van der Waals surface area contributed by atoms with Crippen molar-refractivity contribution in [2.24, 2.45) is 0 Å². The van der Waals surface area contributed by atoms with Crippen LogP contribution in [0.1, 0.15) is 24.4 Å². The van der Waals surface area contributed by atoms with Crippen molar-refractivity contribution in [3.8, 4) is 0 Å². The minimum atomic E-state index is -0.342. The Morgan fingerprint density at radius 3 is 2.89 bits per heavy atom. The fraction of sp³-hybridized carbons (Fsp3) is 0.600. The Morgan fingerprint density at radius 1 is 1.53 bits per heavy atom. The highest BCUT2D eigenvalue weighted by atomic mass is 16.5. The van der Waals surface area contributed by atoms with E-state index in [2.05, 4.69) is 11.5 Å². The summed E-state index contributed by atoms with van der Waals surface area (Å²) in [6.07, 6.45) is 3.06. The predicted octanol–water partition coefficient (Wildman–Crippen LogP) is 2.36. The summed E-state index contributed by atoms with van der Waals surface area (Å²) in [6.45, 7) is 8.35. The van der Waals surface area contributed by atoms with Gasteiger partial charge in [0.25, 0.3) is 0 Å². The highest BCUT2D eigenvalue weighted by Gasteiger charge is 2.13. The molecule has 1 atom stereocenters. The van der Waals surface area contributed by atoms with Crippen molar-refractivity contribution in [3.05, 3.63) is 36.3 Å². The Bertz CT molecular complexity index is 362. The van der Waals surface area contributed by atoms with E-state index in [-0.39, 0.29) is 6.10 Å². The molecule has 0 fully saturated rings. The van der Waals surface area contributed by atoms with E-state index in [1.807, 2.05) is 25.1 Å². The zero-order chi connectivity index (χ0) is 14.1. The maximum atomic E-state index is 9.97. The van der Waals surface area contributed by atoms with Gasteiger partial charge in [0.2, 0.25) is 0 Å². The third kappa shape index (κ3) is 6.57. The van der Waals surface area contributed by atoms with Crippen LogP contribution in [-0.2, 0) is 11.3 Å². The Kier molecular flexibility index (Phi) is 7.48. The minimum Gasteiger partial charge on any atom is -0.465 e. The van der Waals surface area contributed by atoms with Gasteiger partial charge in [-0.3, -0.25) is 4.90 Å². The first kappa shape index (κ1) is 16.0. The topological polar surface area (TPSA) is 45.8 Å². The average molecular weight is 267 g/mol. The third-order valence-corrected chi connectivity index (χ3v) is 2.96. The lowest BCUT2D eigenvalue weighted by Crippen LogP contribution is -2.34. The molecule has 0 saturated heterocycles. The molecule has 4 heteroatoms. The van der Waals surface area contributed by atoms with E-state index in [9.17, 15) is 5.11 Å². The van der Waals surface area contributed by atoms with Crippen molar-refractivity contribution < 1.29 is 14.3 Å². The van der Waals surface area contributed by atoms with Crippen molar-refractivity contribution in [2.45, 2.75) is 32.4 Å². The van der Waals surface area contributed by atoms with Gasteiger partial charge in [-0.1, -0.05) is 6.08 Å². The van der Waals surface area contributed by atoms with Crippen LogP contribution in [0.25, 0.3) is 0 Å². The molecule has 1 N–H and O–H groups in total. The van der Waals surface area contributed by atoms with Crippen LogP contribution in [0.2, 0.25) is 0 Å². The van der Waals surface area contributed by atoms with Crippen molar-refractivity contribution >= 4 is 0 Å². The second-order valence-corrected chi connectivity index (χ2v) is 4.76.